The molecule has 0 aromatic carbocycles. The van der Waals surface area contributed by atoms with Crippen LogP contribution in [-0.4, -0.2) is 76.7 Å². The summed E-state index contributed by atoms with van der Waals surface area (Å²) in [7, 11) is 0. The summed E-state index contributed by atoms with van der Waals surface area (Å²) in [4.78, 5) is 35.3. The lowest BCUT2D eigenvalue weighted by molar-refractivity contribution is -0.0556. The summed E-state index contributed by atoms with van der Waals surface area (Å²) in [5.74, 6) is 0.0485. The summed E-state index contributed by atoms with van der Waals surface area (Å²) in [6.07, 6.45) is -0.847. The zero-order valence-electron chi connectivity index (χ0n) is 21.8. The summed E-state index contributed by atoms with van der Waals surface area (Å²) < 4.78 is 65.0. The van der Waals surface area contributed by atoms with Crippen molar-refractivity contribution in [1.29, 1.82) is 0 Å². The molecule has 8 atom stereocenters. The van der Waals surface area contributed by atoms with Crippen molar-refractivity contribution in [1.82, 2.24) is 39.0 Å². The second-order valence-corrected chi connectivity index (χ2v) is 15.7. The van der Waals surface area contributed by atoms with Gasteiger partial charge in [0.1, 0.15) is 36.4 Å². The lowest BCUT2D eigenvalue weighted by Gasteiger charge is -2.26. The first-order valence-electron chi connectivity index (χ1n) is 12.7. The molecular formula is C20H24N10O9P2S2. The predicted molar refractivity (Wildman–Crippen MR) is 154 cm³/mol. The highest BCUT2D eigenvalue weighted by Crippen LogP contribution is 2.60. The molecule has 2 bridgehead atoms. The average Bonchev–Trinajstić information content (AvgIpc) is 3.71. The molecule has 23 heteroatoms. The van der Waals surface area contributed by atoms with Gasteiger partial charge in [-0.25, -0.2) is 29.1 Å². The molecule has 0 spiro atoms. The van der Waals surface area contributed by atoms with Gasteiger partial charge < -0.3 is 20.9 Å². The zero-order chi connectivity index (χ0) is 30.1. The molecule has 2 unspecified atom stereocenters. The predicted octanol–water partition coefficient (Wildman–Crippen LogP) is 1.59. The van der Waals surface area contributed by atoms with Gasteiger partial charge in [-0.1, -0.05) is 24.5 Å². The van der Waals surface area contributed by atoms with E-state index >= 15 is 0 Å². The van der Waals surface area contributed by atoms with Gasteiger partial charge in [-0.15, -0.1) is 0 Å². The van der Waals surface area contributed by atoms with Crippen LogP contribution in [0.25, 0.3) is 22.3 Å². The third kappa shape index (κ3) is 5.58. The van der Waals surface area contributed by atoms with Crippen LogP contribution in [0.15, 0.2) is 23.8 Å². The van der Waals surface area contributed by atoms with E-state index in [2.05, 4.69) is 54.4 Å². The van der Waals surface area contributed by atoms with Crippen molar-refractivity contribution in [3.05, 3.63) is 29.3 Å². The number of anilines is 2. The third-order valence-electron chi connectivity index (χ3n) is 7.11. The maximum absolute atomic E-state index is 13.5. The molecule has 0 amide bonds. The second kappa shape index (κ2) is 10.8. The minimum Gasteiger partial charge on any atom is -0.382 e. The Morgan fingerprint density at radius 2 is 1.58 bits per heavy atom. The number of hydrogen-bond acceptors (Lipinski definition) is 16. The van der Waals surface area contributed by atoms with Gasteiger partial charge in [-0.2, -0.15) is 4.98 Å². The number of nitrogens with two attached hydrogens (primary N) is 2. The summed E-state index contributed by atoms with van der Waals surface area (Å²) >= 11 is 8.35. The number of imidazole rings is 2. The second-order valence-electron chi connectivity index (χ2n) is 9.92. The zero-order valence-corrected chi connectivity index (χ0v) is 25.4. The summed E-state index contributed by atoms with van der Waals surface area (Å²) in [5, 5.41) is 0. The Bertz CT molecular complexity index is 1870. The SMILES string of the molecule is Nc1nc2c(ncn2[C@@H]2O[C@@H]3COP(=O)(S)O[C@@H]4C[C@H](n5cnc6c(N)ncnc65)O[C@@H]4COP(=O)(S)O[C@@H]2C3)c(=O)[nH]1. The Balaban J connectivity index is 1.17. The molecule has 7 heterocycles. The number of H-pyrrole nitrogens is 1. The Hall–Kier alpha value is -2.58. The Labute approximate surface area is 251 Å². The third-order valence-corrected chi connectivity index (χ3v) is 10.4. The number of rotatable bonds is 2. The number of aromatic amines is 1. The quantitative estimate of drug-likeness (QED) is 0.150. The van der Waals surface area contributed by atoms with Crippen LogP contribution >= 0.6 is 38.1 Å². The van der Waals surface area contributed by atoms with E-state index in [-0.39, 0.29) is 49.0 Å². The molecule has 0 aliphatic carbocycles. The maximum atomic E-state index is 13.5. The number of thiol groups is 2. The molecule has 4 aromatic heterocycles. The number of hydrogen-bond donors (Lipinski definition) is 5. The van der Waals surface area contributed by atoms with Crippen LogP contribution in [0.3, 0.4) is 0 Å². The Morgan fingerprint density at radius 3 is 2.40 bits per heavy atom. The first-order valence-corrected chi connectivity index (χ1v) is 18.1. The van der Waals surface area contributed by atoms with Gasteiger partial charge in [0.05, 0.1) is 32.0 Å². The molecule has 19 nitrogen and oxygen atoms in total. The first-order chi connectivity index (χ1) is 20.5. The van der Waals surface area contributed by atoms with Crippen LogP contribution < -0.4 is 17.0 Å². The fourth-order valence-corrected chi connectivity index (χ4v) is 8.29. The standard InChI is InChI=1S/C20H24N10O9P2S2/c21-15-13-16(24-5-23-15)29(6-25-13)12-2-9-11(37-12)4-35-41(33,43)39-10-1-8(3-34-40(32,42)38-9)36-19(10)30-7-26-14-17(30)27-20(22)28-18(14)31/h5-12,19H,1-4H2,(H,32,42)(H,33,43)(H2,21,23,24)(H3,22,27,28,31)/t8-,9+,10+,11+,12+,19+,40?,41?/m0/s1. The van der Waals surface area contributed by atoms with Gasteiger partial charge >= 0.3 is 13.6 Å². The fourth-order valence-electron chi connectivity index (χ4n) is 5.25. The van der Waals surface area contributed by atoms with Crippen molar-refractivity contribution in [3.8, 4) is 0 Å². The molecule has 43 heavy (non-hydrogen) atoms. The number of nitrogens with zero attached hydrogens (tertiary/aromatic N) is 7. The highest BCUT2D eigenvalue weighted by Gasteiger charge is 2.47. The number of aromatic nitrogens is 8. The molecule has 5 N–H and O–H groups in total. The van der Waals surface area contributed by atoms with E-state index < -0.39 is 56.0 Å². The summed E-state index contributed by atoms with van der Waals surface area (Å²) in [6, 6.07) is 0. The minimum atomic E-state index is -4.08. The Morgan fingerprint density at radius 1 is 0.860 bits per heavy atom. The van der Waals surface area contributed by atoms with Crippen molar-refractivity contribution in [2.45, 2.75) is 49.7 Å². The van der Waals surface area contributed by atoms with Crippen LogP contribution in [-0.2, 0) is 36.7 Å². The van der Waals surface area contributed by atoms with E-state index in [9.17, 15) is 13.9 Å². The topological polar surface area (TPSA) is 249 Å². The van der Waals surface area contributed by atoms with Crippen molar-refractivity contribution < 1.29 is 36.7 Å². The molecular weight excluding hydrogens is 650 g/mol. The van der Waals surface area contributed by atoms with Gasteiger partial charge in [-0.05, 0) is 0 Å². The van der Waals surface area contributed by atoms with E-state index in [1.807, 2.05) is 0 Å². The van der Waals surface area contributed by atoms with Crippen molar-refractivity contribution in [2.24, 2.45) is 0 Å². The van der Waals surface area contributed by atoms with Crippen LogP contribution in [0.5, 0.6) is 0 Å². The van der Waals surface area contributed by atoms with E-state index in [0.29, 0.717) is 11.2 Å². The van der Waals surface area contributed by atoms with E-state index in [4.69, 9.17) is 39.0 Å². The van der Waals surface area contributed by atoms with E-state index in [1.54, 1.807) is 4.57 Å². The molecule has 3 saturated heterocycles. The van der Waals surface area contributed by atoms with Gasteiger partial charge in [0.2, 0.25) is 5.95 Å². The molecule has 4 aromatic rings. The molecule has 3 aliphatic rings. The lowest BCUT2D eigenvalue weighted by Crippen LogP contribution is -2.28. The minimum absolute atomic E-state index is 0.00279. The summed E-state index contributed by atoms with van der Waals surface area (Å²) in [6.45, 7) is -8.63. The van der Waals surface area contributed by atoms with Gasteiger partial charge in [-0.3, -0.25) is 37.0 Å². The average molecular weight is 675 g/mol. The first kappa shape index (κ1) is 29.1. The lowest BCUT2D eigenvalue weighted by atomic mass is 10.2. The molecule has 0 radical (unpaired) electrons. The monoisotopic (exact) mass is 674 g/mol. The van der Waals surface area contributed by atoms with Gasteiger partial charge in [0.25, 0.3) is 5.56 Å². The Kier molecular flexibility index (Phi) is 7.32. The molecule has 0 saturated carbocycles. The van der Waals surface area contributed by atoms with Crippen LogP contribution in [0, 0.1) is 0 Å². The smallest absolute Gasteiger partial charge is 0.382 e. The van der Waals surface area contributed by atoms with Gasteiger partial charge in [0.15, 0.2) is 28.9 Å². The largest absolute Gasteiger partial charge is 0.386 e. The van der Waals surface area contributed by atoms with Crippen molar-refractivity contribution >= 4 is 72.2 Å². The number of fused-ring (bicyclic) bond motifs is 5. The van der Waals surface area contributed by atoms with E-state index in [1.165, 1.54) is 23.5 Å². The molecule has 3 aliphatic heterocycles. The number of nitrogen functional groups attached to an aromatic ring is 2. The van der Waals surface area contributed by atoms with Crippen LogP contribution in [0.4, 0.5) is 11.8 Å². The summed E-state index contributed by atoms with van der Waals surface area (Å²) in [5.41, 5.74) is 12.0. The number of ether oxygens (including phenoxy) is 2. The molecule has 7 rings (SSSR count). The fraction of sp³-hybridized carbons (Fsp3) is 0.500. The van der Waals surface area contributed by atoms with Crippen molar-refractivity contribution in [2.75, 3.05) is 24.7 Å². The number of nitrogens with one attached hydrogen (secondary N) is 1. The van der Waals surface area contributed by atoms with Crippen LogP contribution in [0.1, 0.15) is 25.3 Å². The van der Waals surface area contributed by atoms with Crippen molar-refractivity contribution in [3.63, 3.8) is 0 Å². The highest BCUT2D eigenvalue weighted by atomic mass is 32.7. The van der Waals surface area contributed by atoms with Crippen LogP contribution in [0.2, 0.25) is 0 Å². The molecule has 3 fully saturated rings. The van der Waals surface area contributed by atoms with Gasteiger partial charge in [0, 0.05) is 12.8 Å². The maximum Gasteiger partial charge on any atom is 0.386 e. The highest BCUT2D eigenvalue weighted by molar-refractivity contribution is 8.44. The van der Waals surface area contributed by atoms with E-state index in [0.717, 1.165) is 0 Å². The normalized spacial score (nSPS) is 35.4. The molecule has 230 valence electrons.